The highest BCUT2D eigenvalue weighted by Crippen LogP contribution is 2.44. The number of ether oxygens (including phenoxy) is 1. The Morgan fingerprint density at radius 2 is 1.62 bits per heavy atom. The molecule has 5 rings (SSSR count). The molecule has 7 heteroatoms. The molecular formula is C30H31BN2O4. The van der Waals surface area contributed by atoms with Gasteiger partial charge in [-0.1, -0.05) is 60.4 Å². The van der Waals surface area contributed by atoms with Crippen LogP contribution in [0.5, 0.6) is 0 Å². The molecule has 0 saturated carbocycles. The van der Waals surface area contributed by atoms with Crippen molar-refractivity contribution in [2.75, 3.05) is 13.2 Å². The van der Waals surface area contributed by atoms with Gasteiger partial charge in [0.1, 0.15) is 6.61 Å². The van der Waals surface area contributed by atoms with Crippen molar-refractivity contribution in [2.24, 2.45) is 0 Å². The summed E-state index contributed by atoms with van der Waals surface area (Å²) < 4.78 is 17.8. The highest BCUT2D eigenvalue weighted by molar-refractivity contribution is 6.62. The Kier molecular flexibility index (Phi) is 6.81. The van der Waals surface area contributed by atoms with Gasteiger partial charge in [-0.05, 0) is 56.0 Å². The predicted molar refractivity (Wildman–Crippen MR) is 145 cm³/mol. The molecule has 37 heavy (non-hydrogen) atoms. The number of nitrogens with one attached hydrogen (secondary N) is 1. The van der Waals surface area contributed by atoms with Gasteiger partial charge in [0.15, 0.2) is 0 Å². The van der Waals surface area contributed by atoms with E-state index in [1.807, 2.05) is 58.0 Å². The number of rotatable bonds is 5. The van der Waals surface area contributed by atoms with Crippen molar-refractivity contribution >= 4 is 18.7 Å². The molecule has 0 bridgehead atoms. The lowest BCUT2D eigenvalue weighted by atomic mass is 9.80. The van der Waals surface area contributed by atoms with Gasteiger partial charge in [0.25, 0.3) is 0 Å². The number of fused-ring (bicyclic) bond motifs is 3. The molecule has 0 radical (unpaired) electrons. The fraction of sp³-hybridized carbons (Fsp3) is 0.333. The monoisotopic (exact) mass is 494 g/mol. The molecule has 1 saturated heterocycles. The van der Waals surface area contributed by atoms with E-state index in [2.05, 4.69) is 46.4 Å². The minimum Gasteiger partial charge on any atom is -0.449 e. The number of hydrogen-bond donors (Lipinski definition) is 1. The maximum absolute atomic E-state index is 12.3. The second-order valence-corrected chi connectivity index (χ2v) is 10.4. The van der Waals surface area contributed by atoms with Crippen LogP contribution in [0.1, 0.15) is 56.7 Å². The van der Waals surface area contributed by atoms with E-state index in [1.165, 1.54) is 22.3 Å². The van der Waals surface area contributed by atoms with Gasteiger partial charge < -0.3 is 19.4 Å². The molecule has 2 aliphatic rings. The number of pyridine rings is 1. The summed E-state index contributed by atoms with van der Waals surface area (Å²) >= 11 is 0. The predicted octanol–water partition coefficient (Wildman–Crippen LogP) is 4.66. The fourth-order valence-corrected chi connectivity index (χ4v) is 4.68. The number of nitrogens with zero attached hydrogens (tertiary/aromatic N) is 1. The molecule has 1 amide bonds. The van der Waals surface area contributed by atoms with Gasteiger partial charge in [-0.15, -0.1) is 0 Å². The molecule has 1 fully saturated rings. The molecule has 1 aliphatic carbocycles. The average Bonchev–Trinajstić information content (AvgIpc) is 3.32. The highest BCUT2D eigenvalue weighted by Gasteiger charge is 2.51. The minimum absolute atomic E-state index is 0.0432. The van der Waals surface area contributed by atoms with E-state index < -0.39 is 24.4 Å². The van der Waals surface area contributed by atoms with E-state index in [0.29, 0.717) is 19.6 Å². The second kappa shape index (κ2) is 10.0. The van der Waals surface area contributed by atoms with E-state index in [9.17, 15) is 4.79 Å². The number of carbonyl (C=O) groups is 1. The molecule has 1 N–H and O–H groups in total. The van der Waals surface area contributed by atoms with E-state index in [1.54, 1.807) is 12.4 Å². The van der Waals surface area contributed by atoms with Crippen molar-refractivity contribution < 1.29 is 18.8 Å². The number of hydrogen-bond acceptors (Lipinski definition) is 5. The first-order valence-electron chi connectivity index (χ1n) is 12.6. The SMILES string of the molecule is CC1(C)OB(c2cncc(C#CCCNC(=O)OCC3c4ccccc4-c4ccccc43)c2)OC1(C)C. The normalized spacial score (nSPS) is 16.9. The molecule has 1 aromatic heterocycles. The van der Waals surface area contributed by atoms with E-state index in [4.69, 9.17) is 14.0 Å². The molecule has 2 heterocycles. The standard InChI is InChI=1S/C30H31BN2O4/c1-29(2)30(3,4)37-31(36-29)22-17-21(18-32-19-22)11-9-10-16-33-28(34)35-20-27-25-14-7-5-12-23(25)24-13-6-8-15-26(24)27/h5-8,12-15,17-19,27H,10,16,20H2,1-4H3,(H,33,34). The Hall–Kier alpha value is -3.60. The van der Waals surface area contributed by atoms with Gasteiger partial charge in [-0.25, -0.2) is 4.79 Å². The maximum atomic E-state index is 12.3. The average molecular weight is 494 g/mol. The van der Waals surface area contributed by atoms with Crippen molar-refractivity contribution in [1.29, 1.82) is 0 Å². The summed E-state index contributed by atoms with van der Waals surface area (Å²) in [5, 5.41) is 2.80. The van der Waals surface area contributed by atoms with Crippen LogP contribution in [-0.4, -0.2) is 42.5 Å². The van der Waals surface area contributed by atoms with E-state index in [0.717, 1.165) is 11.0 Å². The molecule has 188 valence electrons. The summed E-state index contributed by atoms with van der Waals surface area (Å²) in [6, 6.07) is 18.5. The summed E-state index contributed by atoms with van der Waals surface area (Å²) in [5.41, 5.74) is 5.58. The smallest absolute Gasteiger partial charge is 0.449 e. The van der Waals surface area contributed by atoms with Crippen molar-refractivity contribution in [3.8, 4) is 23.0 Å². The summed E-state index contributed by atoms with van der Waals surface area (Å²) in [5.74, 6) is 6.24. The first-order valence-corrected chi connectivity index (χ1v) is 12.6. The van der Waals surface area contributed by atoms with Crippen LogP contribution in [-0.2, 0) is 14.0 Å². The third-order valence-electron chi connectivity index (χ3n) is 7.38. The summed E-state index contributed by atoms with van der Waals surface area (Å²) in [6.45, 7) is 8.78. The quantitative estimate of drug-likeness (QED) is 0.318. The van der Waals surface area contributed by atoms with Crippen molar-refractivity contribution in [3.05, 3.63) is 83.7 Å². The fourth-order valence-electron chi connectivity index (χ4n) is 4.68. The Bertz CT molecular complexity index is 1310. The van der Waals surface area contributed by atoms with Crippen LogP contribution in [0.25, 0.3) is 11.1 Å². The number of amides is 1. The van der Waals surface area contributed by atoms with Crippen LogP contribution >= 0.6 is 0 Å². The lowest BCUT2D eigenvalue weighted by Gasteiger charge is -2.32. The first-order chi connectivity index (χ1) is 17.7. The van der Waals surface area contributed by atoms with Crippen molar-refractivity contribution in [2.45, 2.75) is 51.2 Å². The largest absolute Gasteiger partial charge is 0.496 e. The molecule has 3 aromatic rings. The Morgan fingerprint density at radius 1 is 1.00 bits per heavy atom. The van der Waals surface area contributed by atoms with Crippen LogP contribution in [0.15, 0.2) is 67.0 Å². The third-order valence-corrected chi connectivity index (χ3v) is 7.38. The van der Waals surface area contributed by atoms with E-state index in [-0.39, 0.29) is 5.92 Å². The topological polar surface area (TPSA) is 69.7 Å². The van der Waals surface area contributed by atoms with Gasteiger partial charge >= 0.3 is 13.2 Å². The van der Waals surface area contributed by atoms with Crippen LogP contribution in [0, 0.1) is 11.8 Å². The van der Waals surface area contributed by atoms with Crippen molar-refractivity contribution in [1.82, 2.24) is 10.3 Å². The Balaban J connectivity index is 1.11. The lowest BCUT2D eigenvalue weighted by molar-refractivity contribution is 0.00578. The summed E-state index contributed by atoms with van der Waals surface area (Å²) in [4.78, 5) is 16.6. The summed E-state index contributed by atoms with van der Waals surface area (Å²) in [7, 11) is -0.477. The Labute approximate surface area is 218 Å². The molecule has 6 nitrogen and oxygen atoms in total. The van der Waals surface area contributed by atoms with Crippen LogP contribution < -0.4 is 10.8 Å². The maximum Gasteiger partial charge on any atom is 0.496 e. The third kappa shape index (κ3) is 5.13. The van der Waals surface area contributed by atoms with Crippen molar-refractivity contribution in [3.63, 3.8) is 0 Å². The number of benzene rings is 2. The molecule has 0 atom stereocenters. The summed E-state index contributed by atoms with van der Waals surface area (Å²) in [6.07, 6.45) is 3.51. The number of carbonyl (C=O) groups excluding carboxylic acids is 1. The van der Waals surface area contributed by atoms with E-state index >= 15 is 0 Å². The highest BCUT2D eigenvalue weighted by atomic mass is 16.7. The molecular weight excluding hydrogens is 463 g/mol. The van der Waals surface area contributed by atoms with Gasteiger partial charge in [0, 0.05) is 42.3 Å². The minimum atomic E-state index is -0.477. The van der Waals surface area contributed by atoms with Crippen LogP contribution in [0.2, 0.25) is 0 Å². The Morgan fingerprint density at radius 3 is 2.27 bits per heavy atom. The zero-order chi connectivity index (χ0) is 26.0. The van der Waals surface area contributed by atoms with Gasteiger partial charge in [-0.2, -0.15) is 0 Å². The number of aromatic nitrogens is 1. The number of alkyl carbamates (subject to hydrolysis) is 1. The van der Waals surface area contributed by atoms with Crippen LogP contribution in [0.4, 0.5) is 4.79 Å². The molecule has 0 unspecified atom stereocenters. The molecule has 1 aliphatic heterocycles. The zero-order valence-electron chi connectivity index (χ0n) is 21.7. The van der Waals surface area contributed by atoms with Crippen LogP contribution in [0.3, 0.4) is 0 Å². The molecule has 2 aromatic carbocycles. The first kappa shape index (κ1) is 25.1. The van der Waals surface area contributed by atoms with Gasteiger partial charge in [0.05, 0.1) is 11.2 Å². The molecule has 0 spiro atoms. The second-order valence-electron chi connectivity index (χ2n) is 10.4. The zero-order valence-corrected chi connectivity index (χ0v) is 21.7. The van der Waals surface area contributed by atoms with Gasteiger partial charge in [-0.3, -0.25) is 4.98 Å². The van der Waals surface area contributed by atoms with Gasteiger partial charge in [0.2, 0.25) is 0 Å². The lowest BCUT2D eigenvalue weighted by Crippen LogP contribution is -2.41.